The highest BCUT2D eigenvalue weighted by molar-refractivity contribution is 6.31. The van der Waals surface area contributed by atoms with Gasteiger partial charge in [0, 0.05) is 17.9 Å². The highest BCUT2D eigenvalue weighted by atomic mass is 35.5. The Bertz CT molecular complexity index is 527. The average Bonchev–Trinajstić information content (AvgIpc) is 2.53. The molecule has 1 aliphatic heterocycles. The van der Waals surface area contributed by atoms with Gasteiger partial charge in [0.2, 0.25) is 11.8 Å². The van der Waals surface area contributed by atoms with E-state index in [4.69, 9.17) is 11.6 Å². The number of hydrogen-bond donors (Lipinski definition) is 0. The first-order valence-corrected chi connectivity index (χ1v) is 5.98. The lowest BCUT2D eigenvalue weighted by Crippen LogP contribution is -2.30. The molecule has 0 aromatic heterocycles. The smallest absolute Gasteiger partial charge is 0.237 e. The summed E-state index contributed by atoms with van der Waals surface area (Å²) in [7, 11) is 0. The molecule has 1 saturated heterocycles. The predicted octanol–water partition coefficient (Wildman–Crippen LogP) is 2.20. The van der Waals surface area contributed by atoms with Gasteiger partial charge in [-0.3, -0.25) is 14.5 Å². The third-order valence-electron chi connectivity index (χ3n) is 2.84. The van der Waals surface area contributed by atoms with E-state index in [1.54, 1.807) is 24.3 Å². The van der Waals surface area contributed by atoms with Crippen LogP contribution in [0.5, 0.6) is 0 Å². The van der Waals surface area contributed by atoms with E-state index in [1.165, 1.54) is 6.92 Å². The lowest BCUT2D eigenvalue weighted by Gasteiger charge is -2.14. The number of nitrogens with zero attached hydrogens (tertiary/aromatic N) is 1. The van der Waals surface area contributed by atoms with Gasteiger partial charge < -0.3 is 4.79 Å². The number of ketones is 1. The van der Waals surface area contributed by atoms with Crippen molar-refractivity contribution in [3.63, 3.8) is 0 Å². The molecular formula is C13H12ClNO3. The summed E-state index contributed by atoms with van der Waals surface area (Å²) >= 11 is 5.84. The van der Waals surface area contributed by atoms with Gasteiger partial charge in [-0.2, -0.15) is 0 Å². The molecule has 0 bridgehead atoms. The van der Waals surface area contributed by atoms with Gasteiger partial charge in [0.15, 0.2) is 0 Å². The fraction of sp³-hybridized carbons (Fsp3) is 0.308. The van der Waals surface area contributed by atoms with Crippen molar-refractivity contribution >= 4 is 34.9 Å². The van der Waals surface area contributed by atoms with Crippen LogP contribution in [-0.4, -0.2) is 17.6 Å². The summed E-state index contributed by atoms with van der Waals surface area (Å²) in [5, 5.41) is 0.461. The van der Waals surface area contributed by atoms with E-state index < -0.39 is 5.92 Å². The van der Waals surface area contributed by atoms with Crippen LogP contribution in [0.1, 0.15) is 19.8 Å². The number of benzene rings is 1. The predicted molar refractivity (Wildman–Crippen MR) is 67.4 cm³/mol. The normalized spacial score (nSPS) is 19.4. The third-order valence-corrected chi connectivity index (χ3v) is 3.08. The van der Waals surface area contributed by atoms with Crippen LogP contribution in [0.2, 0.25) is 5.02 Å². The van der Waals surface area contributed by atoms with Crippen molar-refractivity contribution in [2.24, 2.45) is 5.92 Å². The Morgan fingerprint density at radius 2 is 2.17 bits per heavy atom. The summed E-state index contributed by atoms with van der Waals surface area (Å²) in [4.78, 5) is 36.1. The molecule has 0 N–H and O–H groups in total. The number of amides is 2. The number of Topliss-reactive ketones (excluding diaryl/α,β-unsaturated/α-hetero) is 1. The number of halogens is 1. The van der Waals surface area contributed by atoms with Gasteiger partial charge in [-0.15, -0.1) is 0 Å². The molecule has 0 saturated carbocycles. The van der Waals surface area contributed by atoms with Gasteiger partial charge in [-0.1, -0.05) is 17.7 Å². The summed E-state index contributed by atoms with van der Waals surface area (Å²) in [6.45, 7) is 1.42. The number of rotatable bonds is 3. The highest BCUT2D eigenvalue weighted by Crippen LogP contribution is 2.29. The first kappa shape index (κ1) is 12.8. The van der Waals surface area contributed by atoms with E-state index in [2.05, 4.69) is 0 Å². The minimum atomic E-state index is -0.533. The lowest BCUT2D eigenvalue weighted by atomic mass is 10.0. The van der Waals surface area contributed by atoms with E-state index >= 15 is 0 Å². The SMILES string of the molecule is CC(=O)C[C@H]1CC(=O)N(c2cccc(Cl)c2)C1=O. The van der Waals surface area contributed by atoms with Crippen molar-refractivity contribution in [2.75, 3.05) is 4.90 Å². The molecule has 0 aliphatic carbocycles. The van der Waals surface area contributed by atoms with Crippen molar-refractivity contribution < 1.29 is 14.4 Å². The Hall–Kier alpha value is -1.68. The van der Waals surface area contributed by atoms with E-state index in [9.17, 15) is 14.4 Å². The van der Waals surface area contributed by atoms with Crippen molar-refractivity contribution in [1.82, 2.24) is 0 Å². The van der Waals surface area contributed by atoms with Gasteiger partial charge in [0.1, 0.15) is 5.78 Å². The van der Waals surface area contributed by atoms with Crippen LogP contribution in [0.4, 0.5) is 5.69 Å². The molecule has 1 atom stereocenters. The fourth-order valence-corrected chi connectivity index (χ4v) is 2.27. The molecule has 1 fully saturated rings. The van der Waals surface area contributed by atoms with Gasteiger partial charge in [-0.25, -0.2) is 0 Å². The van der Waals surface area contributed by atoms with Crippen molar-refractivity contribution in [3.05, 3.63) is 29.3 Å². The van der Waals surface area contributed by atoms with Crippen LogP contribution >= 0.6 is 11.6 Å². The van der Waals surface area contributed by atoms with Crippen LogP contribution in [0.15, 0.2) is 24.3 Å². The molecule has 1 aromatic rings. The van der Waals surface area contributed by atoms with Gasteiger partial charge in [-0.05, 0) is 25.1 Å². The van der Waals surface area contributed by atoms with Crippen LogP contribution in [0, 0.1) is 5.92 Å². The summed E-state index contributed by atoms with van der Waals surface area (Å²) in [6, 6.07) is 6.56. The average molecular weight is 266 g/mol. The Morgan fingerprint density at radius 3 is 2.78 bits per heavy atom. The standard InChI is InChI=1S/C13H12ClNO3/c1-8(16)5-9-6-12(17)15(13(9)18)11-4-2-3-10(14)7-11/h2-4,7,9H,5-6H2,1H3/t9-/m0/s1. The van der Waals surface area contributed by atoms with Crippen LogP contribution in [0.3, 0.4) is 0 Å². The molecule has 0 unspecified atom stereocenters. The van der Waals surface area contributed by atoms with Crippen LogP contribution < -0.4 is 4.90 Å². The Labute approximate surface area is 110 Å². The molecular weight excluding hydrogens is 254 g/mol. The Balaban J connectivity index is 2.27. The summed E-state index contributed by atoms with van der Waals surface area (Å²) in [5.74, 6) is -1.23. The largest absolute Gasteiger partial charge is 0.300 e. The molecule has 0 spiro atoms. The van der Waals surface area contributed by atoms with E-state index in [0.717, 1.165) is 4.90 Å². The summed E-state index contributed by atoms with van der Waals surface area (Å²) < 4.78 is 0. The minimum Gasteiger partial charge on any atom is -0.300 e. The number of hydrogen-bond acceptors (Lipinski definition) is 3. The maximum Gasteiger partial charge on any atom is 0.237 e. The molecule has 2 amide bonds. The Morgan fingerprint density at radius 1 is 1.44 bits per heavy atom. The lowest BCUT2D eigenvalue weighted by molar-refractivity contribution is -0.125. The molecule has 94 valence electrons. The third kappa shape index (κ3) is 2.43. The van der Waals surface area contributed by atoms with Gasteiger partial charge >= 0.3 is 0 Å². The number of imide groups is 1. The molecule has 5 heteroatoms. The first-order valence-electron chi connectivity index (χ1n) is 5.61. The molecule has 1 aromatic carbocycles. The van der Waals surface area contributed by atoms with E-state index in [1.807, 2.05) is 0 Å². The van der Waals surface area contributed by atoms with Crippen molar-refractivity contribution in [3.8, 4) is 0 Å². The van der Waals surface area contributed by atoms with Gasteiger partial charge in [0.05, 0.1) is 11.6 Å². The van der Waals surface area contributed by atoms with Gasteiger partial charge in [0.25, 0.3) is 0 Å². The fourth-order valence-electron chi connectivity index (χ4n) is 2.09. The molecule has 4 nitrogen and oxygen atoms in total. The highest BCUT2D eigenvalue weighted by Gasteiger charge is 2.39. The Kier molecular flexibility index (Phi) is 3.48. The number of carbonyl (C=O) groups is 3. The summed E-state index contributed by atoms with van der Waals surface area (Å²) in [6.07, 6.45) is 0.201. The minimum absolute atomic E-state index is 0.0882. The van der Waals surface area contributed by atoms with E-state index in [0.29, 0.717) is 10.7 Å². The second-order valence-electron chi connectivity index (χ2n) is 4.35. The van der Waals surface area contributed by atoms with Crippen molar-refractivity contribution in [1.29, 1.82) is 0 Å². The number of carbonyl (C=O) groups excluding carboxylic acids is 3. The topological polar surface area (TPSA) is 54.5 Å². The molecule has 18 heavy (non-hydrogen) atoms. The molecule has 2 rings (SSSR count). The first-order chi connectivity index (χ1) is 8.49. The zero-order valence-electron chi connectivity index (χ0n) is 9.85. The maximum atomic E-state index is 12.1. The zero-order chi connectivity index (χ0) is 13.3. The summed E-state index contributed by atoms with van der Waals surface area (Å²) in [5.41, 5.74) is 0.462. The number of anilines is 1. The van der Waals surface area contributed by atoms with Crippen LogP contribution in [0.25, 0.3) is 0 Å². The van der Waals surface area contributed by atoms with Crippen LogP contribution in [-0.2, 0) is 14.4 Å². The zero-order valence-corrected chi connectivity index (χ0v) is 10.6. The molecule has 1 heterocycles. The quantitative estimate of drug-likeness (QED) is 0.788. The van der Waals surface area contributed by atoms with Crippen molar-refractivity contribution in [2.45, 2.75) is 19.8 Å². The monoisotopic (exact) mass is 265 g/mol. The maximum absolute atomic E-state index is 12.1. The molecule has 0 radical (unpaired) electrons. The van der Waals surface area contributed by atoms with E-state index in [-0.39, 0.29) is 30.4 Å². The second-order valence-corrected chi connectivity index (χ2v) is 4.79. The molecule has 1 aliphatic rings. The second kappa shape index (κ2) is 4.90.